The van der Waals surface area contributed by atoms with Gasteiger partial charge in [0, 0.05) is 38.8 Å². The van der Waals surface area contributed by atoms with E-state index < -0.39 is 0 Å². The van der Waals surface area contributed by atoms with Crippen LogP contribution in [0.5, 0.6) is 17.2 Å². The number of anilines is 1. The van der Waals surface area contributed by atoms with Crippen LogP contribution in [-0.4, -0.2) is 75.2 Å². The van der Waals surface area contributed by atoms with Crippen LogP contribution in [0, 0.1) is 0 Å². The Morgan fingerprint density at radius 2 is 1.63 bits per heavy atom. The molecule has 4 rings (SSSR count). The highest BCUT2D eigenvalue weighted by molar-refractivity contribution is 5.98. The lowest BCUT2D eigenvalue weighted by Gasteiger charge is -2.33. The Morgan fingerprint density at radius 3 is 2.23 bits per heavy atom. The summed E-state index contributed by atoms with van der Waals surface area (Å²) >= 11 is 0. The zero-order valence-corrected chi connectivity index (χ0v) is 18.0. The highest BCUT2D eigenvalue weighted by atomic mass is 16.5. The van der Waals surface area contributed by atoms with Crippen molar-refractivity contribution in [2.45, 2.75) is 18.8 Å². The summed E-state index contributed by atoms with van der Waals surface area (Å²) in [6, 6.07) is 3.85. The molecule has 0 saturated carbocycles. The van der Waals surface area contributed by atoms with Crippen molar-refractivity contribution in [3.8, 4) is 17.2 Å². The molecule has 1 aliphatic carbocycles. The van der Waals surface area contributed by atoms with Gasteiger partial charge in [0.05, 0.1) is 32.6 Å². The first kappa shape index (κ1) is 20.4. The maximum atomic E-state index is 12.8. The van der Waals surface area contributed by atoms with Crippen LogP contribution < -0.4 is 19.1 Å². The first-order valence-electron chi connectivity index (χ1n) is 10.2. The van der Waals surface area contributed by atoms with E-state index in [1.807, 2.05) is 12.1 Å². The Labute approximate surface area is 176 Å². The highest BCUT2D eigenvalue weighted by Gasteiger charge is 2.30. The number of hydrogen-bond acceptors (Lipinski definition) is 8. The van der Waals surface area contributed by atoms with Gasteiger partial charge in [-0.3, -0.25) is 4.79 Å². The van der Waals surface area contributed by atoms with Crippen LogP contribution in [0.25, 0.3) is 0 Å². The van der Waals surface area contributed by atoms with Gasteiger partial charge in [-0.1, -0.05) is 0 Å². The second kappa shape index (κ2) is 8.47. The number of carbonyl (C=O) groups excluding carboxylic acids is 1. The number of fused-ring (bicyclic) bond motifs is 1. The molecule has 160 valence electrons. The minimum Gasteiger partial charge on any atom is -0.493 e. The van der Waals surface area contributed by atoms with Gasteiger partial charge < -0.3 is 24.0 Å². The molecular weight excluding hydrogens is 384 g/mol. The number of Topliss-reactive ketones (excluding diaryl/α,β-unsaturated/α-hetero) is 1. The van der Waals surface area contributed by atoms with Crippen LogP contribution in [-0.2, 0) is 6.42 Å². The standard InChI is InChI=1S/C22H28N4O4/c1-25-5-7-26(8-6-25)22-23-13-16-17(24-22)9-14(10-18(16)27)15-11-19(28-2)21(30-4)20(12-15)29-3/h11-14H,5-10H2,1-4H3. The lowest BCUT2D eigenvalue weighted by atomic mass is 9.82. The number of aromatic nitrogens is 2. The molecule has 2 heterocycles. The van der Waals surface area contributed by atoms with E-state index in [-0.39, 0.29) is 11.7 Å². The number of likely N-dealkylation sites (N-methyl/N-ethyl adjacent to an activating group) is 1. The molecule has 0 bridgehead atoms. The molecule has 0 N–H and O–H groups in total. The minimum atomic E-state index is -0.00561. The number of piperazine rings is 1. The second-order valence-electron chi connectivity index (χ2n) is 7.81. The quantitative estimate of drug-likeness (QED) is 0.740. The largest absolute Gasteiger partial charge is 0.493 e. The summed E-state index contributed by atoms with van der Waals surface area (Å²) in [5.41, 5.74) is 2.42. The Bertz CT molecular complexity index is 916. The van der Waals surface area contributed by atoms with Crippen LogP contribution in [0.4, 0.5) is 5.95 Å². The number of nitrogens with zero attached hydrogens (tertiary/aromatic N) is 4. The maximum Gasteiger partial charge on any atom is 0.225 e. The maximum absolute atomic E-state index is 12.8. The van der Waals surface area contributed by atoms with E-state index >= 15 is 0 Å². The predicted molar refractivity (Wildman–Crippen MR) is 113 cm³/mol. The van der Waals surface area contributed by atoms with Crippen LogP contribution in [0.15, 0.2) is 18.3 Å². The predicted octanol–water partition coefficient (Wildman–Crippen LogP) is 2.17. The lowest BCUT2D eigenvalue weighted by molar-refractivity contribution is 0.0962. The van der Waals surface area contributed by atoms with Gasteiger partial charge in [0.1, 0.15) is 0 Å². The van der Waals surface area contributed by atoms with Crippen molar-refractivity contribution >= 4 is 11.7 Å². The third-order valence-electron chi connectivity index (χ3n) is 5.97. The number of ether oxygens (including phenoxy) is 3. The van der Waals surface area contributed by atoms with Gasteiger partial charge in [-0.15, -0.1) is 0 Å². The van der Waals surface area contributed by atoms with Crippen LogP contribution in [0.1, 0.15) is 34.0 Å². The average Bonchev–Trinajstić information content (AvgIpc) is 2.78. The fraction of sp³-hybridized carbons (Fsp3) is 0.500. The first-order valence-corrected chi connectivity index (χ1v) is 10.2. The SMILES string of the molecule is COc1cc(C2CC(=O)c3cnc(N4CCN(C)CC4)nc3C2)cc(OC)c1OC. The van der Waals surface area contributed by atoms with Crippen LogP contribution in [0.2, 0.25) is 0 Å². The zero-order chi connectivity index (χ0) is 21.3. The molecule has 0 spiro atoms. The van der Waals surface area contributed by atoms with Gasteiger partial charge in [-0.05, 0) is 37.1 Å². The fourth-order valence-corrected chi connectivity index (χ4v) is 4.17. The number of ketones is 1. The summed E-state index contributed by atoms with van der Waals surface area (Å²) in [6.07, 6.45) is 2.77. The molecule has 0 radical (unpaired) electrons. The minimum absolute atomic E-state index is 0.00561. The number of hydrogen-bond donors (Lipinski definition) is 0. The van der Waals surface area contributed by atoms with E-state index in [0.717, 1.165) is 37.4 Å². The Kier molecular flexibility index (Phi) is 5.76. The summed E-state index contributed by atoms with van der Waals surface area (Å²) in [5, 5.41) is 0. The molecule has 0 amide bonds. The molecule has 2 aromatic rings. The monoisotopic (exact) mass is 412 g/mol. The van der Waals surface area contributed by atoms with Crippen LogP contribution >= 0.6 is 0 Å². The normalized spacial score (nSPS) is 19.4. The number of carbonyl (C=O) groups is 1. The van der Waals surface area contributed by atoms with Gasteiger partial charge in [-0.2, -0.15) is 0 Å². The zero-order valence-electron chi connectivity index (χ0n) is 18.0. The van der Waals surface area contributed by atoms with E-state index in [2.05, 4.69) is 21.8 Å². The van der Waals surface area contributed by atoms with Crippen molar-refractivity contribution in [1.82, 2.24) is 14.9 Å². The summed E-state index contributed by atoms with van der Waals surface area (Å²) in [4.78, 5) is 26.6. The van der Waals surface area contributed by atoms with Gasteiger partial charge in [-0.25, -0.2) is 9.97 Å². The third kappa shape index (κ3) is 3.79. The molecular formula is C22H28N4O4. The van der Waals surface area contributed by atoms with Gasteiger partial charge in [0.15, 0.2) is 17.3 Å². The van der Waals surface area contributed by atoms with E-state index in [4.69, 9.17) is 19.2 Å². The van der Waals surface area contributed by atoms with E-state index in [0.29, 0.717) is 41.6 Å². The van der Waals surface area contributed by atoms with Crippen molar-refractivity contribution < 1.29 is 19.0 Å². The van der Waals surface area contributed by atoms with Gasteiger partial charge in [0.2, 0.25) is 11.7 Å². The molecule has 30 heavy (non-hydrogen) atoms. The van der Waals surface area contributed by atoms with Gasteiger partial charge in [0.25, 0.3) is 0 Å². The molecule has 1 aliphatic heterocycles. The van der Waals surface area contributed by atoms with Crippen molar-refractivity contribution in [1.29, 1.82) is 0 Å². The molecule has 8 heteroatoms. The van der Waals surface area contributed by atoms with E-state index in [1.54, 1.807) is 27.5 Å². The molecule has 1 unspecified atom stereocenters. The number of benzene rings is 1. The molecule has 1 saturated heterocycles. The molecule has 1 fully saturated rings. The summed E-state index contributed by atoms with van der Waals surface area (Å²) in [6.45, 7) is 3.74. The molecule has 8 nitrogen and oxygen atoms in total. The second-order valence-corrected chi connectivity index (χ2v) is 7.81. The van der Waals surface area contributed by atoms with Gasteiger partial charge >= 0.3 is 0 Å². The van der Waals surface area contributed by atoms with Crippen molar-refractivity contribution in [3.63, 3.8) is 0 Å². The number of methoxy groups -OCH3 is 3. The third-order valence-corrected chi connectivity index (χ3v) is 5.97. The topological polar surface area (TPSA) is 77.0 Å². The smallest absolute Gasteiger partial charge is 0.225 e. The summed E-state index contributed by atoms with van der Waals surface area (Å²) in [7, 11) is 6.89. The lowest BCUT2D eigenvalue weighted by Crippen LogP contribution is -2.45. The van der Waals surface area contributed by atoms with Crippen molar-refractivity contribution in [2.24, 2.45) is 0 Å². The molecule has 1 atom stereocenters. The molecule has 2 aliphatic rings. The molecule has 1 aromatic heterocycles. The van der Waals surface area contributed by atoms with Crippen molar-refractivity contribution in [3.05, 3.63) is 35.2 Å². The summed E-state index contributed by atoms with van der Waals surface area (Å²) in [5.74, 6) is 2.50. The fourth-order valence-electron chi connectivity index (χ4n) is 4.17. The Balaban J connectivity index is 1.64. The van der Waals surface area contributed by atoms with Crippen LogP contribution in [0.3, 0.4) is 0 Å². The Hall–Kier alpha value is -2.87. The summed E-state index contributed by atoms with van der Waals surface area (Å²) < 4.78 is 16.4. The number of rotatable bonds is 5. The highest BCUT2D eigenvalue weighted by Crippen LogP contribution is 2.42. The van der Waals surface area contributed by atoms with E-state index in [1.165, 1.54) is 0 Å². The average molecular weight is 412 g/mol. The van der Waals surface area contributed by atoms with Crippen molar-refractivity contribution in [2.75, 3.05) is 59.5 Å². The first-order chi connectivity index (χ1) is 14.5. The Morgan fingerprint density at radius 1 is 0.967 bits per heavy atom. The van der Waals surface area contributed by atoms with E-state index in [9.17, 15) is 4.79 Å². The molecule has 1 aromatic carbocycles.